The van der Waals surface area contributed by atoms with Crippen molar-refractivity contribution < 1.29 is 14.7 Å². The van der Waals surface area contributed by atoms with Crippen LogP contribution in [0.2, 0.25) is 0 Å². The molecule has 0 bridgehead atoms. The van der Waals surface area contributed by atoms with Crippen molar-refractivity contribution in [1.82, 2.24) is 15.6 Å². The fourth-order valence-corrected chi connectivity index (χ4v) is 4.51. The largest absolute Gasteiger partial charge is 0.383 e. The van der Waals surface area contributed by atoms with Gasteiger partial charge in [0.05, 0.1) is 6.54 Å². The number of rotatable bonds is 9. The molecule has 2 atom stereocenters. The Labute approximate surface area is 181 Å². The Kier molecular flexibility index (Phi) is 8.21. The number of thiazole rings is 1. The Morgan fingerprint density at radius 1 is 1.17 bits per heavy atom. The van der Waals surface area contributed by atoms with Gasteiger partial charge in [0.2, 0.25) is 11.8 Å². The minimum atomic E-state index is -1.20. The first kappa shape index (κ1) is 22.2. The first-order chi connectivity index (χ1) is 14.5. The molecule has 0 spiro atoms. The van der Waals surface area contributed by atoms with E-state index in [1.165, 1.54) is 17.8 Å². The highest BCUT2D eigenvalue weighted by Crippen LogP contribution is 2.27. The number of nitrogens with one attached hydrogen (secondary N) is 2. The molecule has 0 radical (unpaired) electrons. The average Bonchev–Trinajstić information content (AvgIpc) is 3.18. The molecular weight excluding hydrogens is 400 g/mol. The summed E-state index contributed by atoms with van der Waals surface area (Å²) in [6.45, 7) is 0.317. The molecule has 8 heteroatoms. The van der Waals surface area contributed by atoms with E-state index in [2.05, 4.69) is 15.6 Å². The van der Waals surface area contributed by atoms with E-state index in [9.17, 15) is 14.7 Å². The molecule has 7 nitrogen and oxygen atoms in total. The van der Waals surface area contributed by atoms with Crippen molar-refractivity contribution in [2.24, 2.45) is 5.92 Å². The van der Waals surface area contributed by atoms with Crippen LogP contribution in [0.15, 0.2) is 36.5 Å². The number of hydrogen-bond donors (Lipinski definition) is 4. The Hall–Kier alpha value is -2.45. The van der Waals surface area contributed by atoms with Crippen LogP contribution < -0.4 is 16.4 Å². The van der Waals surface area contributed by atoms with Gasteiger partial charge in [0.1, 0.15) is 12.1 Å². The van der Waals surface area contributed by atoms with Gasteiger partial charge in [-0.15, -0.1) is 11.3 Å². The number of nitrogens with two attached hydrogens (primary N) is 1. The molecule has 1 saturated carbocycles. The maximum absolute atomic E-state index is 12.9. The first-order valence-electron chi connectivity index (χ1n) is 10.5. The van der Waals surface area contributed by atoms with Crippen LogP contribution in [0.1, 0.15) is 49.0 Å². The Morgan fingerprint density at radius 3 is 2.57 bits per heavy atom. The van der Waals surface area contributed by atoms with Crippen molar-refractivity contribution >= 4 is 28.3 Å². The monoisotopic (exact) mass is 430 g/mol. The van der Waals surface area contributed by atoms with Gasteiger partial charge in [-0.3, -0.25) is 9.59 Å². The molecule has 1 heterocycles. The van der Waals surface area contributed by atoms with Crippen LogP contribution in [0, 0.1) is 5.92 Å². The quantitative estimate of drug-likeness (QED) is 0.487. The van der Waals surface area contributed by atoms with Crippen LogP contribution >= 0.6 is 11.3 Å². The van der Waals surface area contributed by atoms with E-state index < -0.39 is 18.1 Å². The molecule has 3 rings (SSSR count). The zero-order valence-corrected chi connectivity index (χ0v) is 17.9. The van der Waals surface area contributed by atoms with Crippen molar-refractivity contribution in [2.45, 2.75) is 63.6 Å². The lowest BCUT2D eigenvalue weighted by Gasteiger charge is -2.27. The Balaban J connectivity index is 1.60. The van der Waals surface area contributed by atoms with Crippen LogP contribution in [-0.4, -0.2) is 34.1 Å². The first-order valence-corrected chi connectivity index (χ1v) is 11.3. The second-order valence-electron chi connectivity index (χ2n) is 7.89. The minimum absolute atomic E-state index is 0.213. The molecule has 2 amide bonds. The summed E-state index contributed by atoms with van der Waals surface area (Å²) < 4.78 is 0. The van der Waals surface area contributed by atoms with Gasteiger partial charge in [-0.1, -0.05) is 62.4 Å². The molecule has 2 aromatic rings. The smallest absolute Gasteiger partial charge is 0.249 e. The van der Waals surface area contributed by atoms with Crippen molar-refractivity contribution in [3.05, 3.63) is 47.0 Å². The third-order valence-electron chi connectivity index (χ3n) is 5.51. The number of benzene rings is 1. The standard InChI is InChI=1S/C22H30N4O3S/c23-22-25-14-17(30-22)13-24-20(28)18(11-15-7-3-1-4-8-15)26-21(29)19(27)12-16-9-5-2-6-10-16/h2,5-6,9-10,14-15,18-19,27H,1,3-4,7-8,11-13H2,(H2,23,25)(H,24,28)(H,26,29)/t18-,19+/m0/s1. The number of carbonyl (C=O) groups excluding carboxylic acids is 2. The fraction of sp³-hybridized carbons (Fsp3) is 0.500. The molecule has 0 saturated heterocycles. The normalized spacial score (nSPS) is 16.6. The number of anilines is 1. The van der Waals surface area contributed by atoms with E-state index in [-0.39, 0.29) is 12.3 Å². The van der Waals surface area contributed by atoms with Crippen LogP contribution in [0.5, 0.6) is 0 Å². The summed E-state index contributed by atoms with van der Waals surface area (Å²) in [6, 6.07) is 8.68. The van der Waals surface area contributed by atoms with Gasteiger partial charge in [-0.25, -0.2) is 4.98 Å². The predicted molar refractivity (Wildman–Crippen MR) is 118 cm³/mol. The third-order valence-corrected chi connectivity index (χ3v) is 6.34. The molecule has 1 aromatic heterocycles. The SMILES string of the molecule is Nc1ncc(CNC(=O)[C@H](CC2CCCCC2)NC(=O)[C@H](O)Cc2ccccc2)s1. The summed E-state index contributed by atoms with van der Waals surface area (Å²) in [5.41, 5.74) is 6.51. The number of aliphatic hydroxyl groups is 1. The van der Waals surface area contributed by atoms with E-state index in [4.69, 9.17) is 5.73 Å². The number of carbonyl (C=O) groups is 2. The van der Waals surface area contributed by atoms with Gasteiger partial charge in [0.15, 0.2) is 5.13 Å². The molecular formula is C22H30N4O3S. The van der Waals surface area contributed by atoms with Gasteiger partial charge in [0, 0.05) is 17.5 Å². The molecule has 1 fully saturated rings. The van der Waals surface area contributed by atoms with Gasteiger partial charge in [-0.2, -0.15) is 0 Å². The predicted octanol–water partition coefficient (Wildman–Crippen LogP) is 2.40. The van der Waals surface area contributed by atoms with Crippen LogP contribution in [0.25, 0.3) is 0 Å². The molecule has 162 valence electrons. The molecule has 1 aromatic carbocycles. The van der Waals surface area contributed by atoms with Gasteiger partial charge >= 0.3 is 0 Å². The van der Waals surface area contributed by atoms with E-state index >= 15 is 0 Å². The molecule has 1 aliphatic carbocycles. The van der Waals surface area contributed by atoms with Crippen LogP contribution in [0.3, 0.4) is 0 Å². The average molecular weight is 431 g/mol. The second kappa shape index (κ2) is 11.1. The summed E-state index contributed by atoms with van der Waals surface area (Å²) in [6.07, 6.45) is 6.91. The number of amides is 2. The van der Waals surface area contributed by atoms with Crippen molar-refractivity contribution in [3.63, 3.8) is 0 Å². The highest BCUT2D eigenvalue weighted by molar-refractivity contribution is 7.15. The summed E-state index contributed by atoms with van der Waals surface area (Å²) in [4.78, 5) is 30.3. The lowest BCUT2D eigenvalue weighted by molar-refractivity contribution is -0.134. The highest BCUT2D eigenvalue weighted by Gasteiger charge is 2.28. The van der Waals surface area contributed by atoms with Crippen molar-refractivity contribution in [2.75, 3.05) is 5.73 Å². The van der Waals surface area contributed by atoms with Gasteiger partial charge in [-0.05, 0) is 17.9 Å². The van der Waals surface area contributed by atoms with Crippen molar-refractivity contribution in [3.8, 4) is 0 Å². The Bertz CT molecular complexity index is 821. The number of nitrogens with zero attached hydrogens (tertiary/aromatic N) is 1. The second-order valence-corrected chi connectivity index (χ2v) is 9.04. The minimum Gasteiger partial charge on any atom is -0.383 e. The third kappa shape index (κ3) is 6.81. The molecule has 0 unspecified atom stereocenters. The Morgan fingerprint density at radius 2 is 1.90 bits per heavy atom. The molecule has 1 aliphatic rings. The highest BCUT2D eigenvalue weighted by atomic mass is 32.1. The lowest BCUT2D eigenvalue weighted by atomic mass is 9.84. The van der Waals surface area contributed by atoms with Crippen LogP contribution in [0.4, 0.5) is 5.13 Å². The van der Waals surface area contributed by atoms with E-state index in [0.29, 0.717) is 24.0 Å². The fourth-order valence-electron chi connectivity index (χ4n) is 3.89. The van der Waals surface area contributed by atoms with Crippen molar-refractivity contribution in [1.29, 1.82) is 0 Å². The number of hydrogen-bond acceptors (Lipinski definition) is 6. The number of aromatic nitrogens is 1. The number of aliphatic hydroxyl groups excluding tert-OH is 1. The lowest BCUT2D eigenvalue weighted by Crippen LogP contribution is -2.50. The maximum atomic E-state index is 12.9. The summed E-state index contributed by atoms with van der Waals surface area (Å²) in [5.74, 6) is -0.357. The van der Waals surface area contributed by atoms with E-state index in [0.717, 1.165) is 36.1 Å². The summed E-state index contributed by atoms with van der Waals surface area (Å²) in [5, 5.41) is 16.5. The van der Waals surface area contributed by atoms with Crippen LogP contribution in [-0.2, 0) is 22.6 Å². The van der Waals surface area contributed by atoms with E-state index in [1.807, 2.05) is 30.3 Å². The number of nitrogen functional groups attached to an aromatic ring is 1. The van der Waals surface area contributed by atoms with Gasteiger partial charge in [0.25, 0.3) is 0 Å². The van der Waals surface area contributed by atoms with Gasteiger partial charge < -0.3 is 21.5 Å². The topological polar surface area (TPSA) is 117 Å². The molecule has 5 N–H and O–H groups in total. The van der Waals surface area contributed by atoms with E-state index in [1.54, 1.807) is 6.20 Å². The molecule has 0 aliphatic heterocycles. The maximum Gasteiger partial charge on any atom is 0.249 e. The summed E-state index contributed by atoms with van der Waals surface area (Å²) >= 11 is 1.32. The molecule has 30 heavy (non-hydrogen) atoms. The zero-order chi connectivity index (χ0) is 21.3. The zero-order valence-electron chi connectivity index (χ0n) is 17.0. The summed E-state index contributed by atoms with van der Waals surface area (Å²) in [7, 11) is 0.